The van der Waals surface area contributed by atoms with Crippen LogP contribution < -0.4 is 0 Å². The van der Waals surface area contributed by atoms with Crippen LogP contribution >= 0.6 is 45.3 Å². The van der Waals surface area contributed by atoms with Gasteiger partial charge in [0.05, 0.1) is 0 Å². The van der Waals surface area contributed by atoms with Crippen LogP contribution in [0.15, 0.2) is 29.6 Å². The molecule has 0 aliphatic rings. The first-order valence-corrected chi connectivity index (χ1v) is 13.8. The zero-order valence-electron chi connectivity index (χ0n) is 17.8. The molecule has 152 valence electrons. The van der Waals surface area contributed by atoms with Crippen LogP contribution in [0.2, 0.25) is 0 Å². The fraction of sp³-hybridized carbons (Fsp3) is 0.360. The van der Waals surface area contributed by atoms with Crippen molar-refractivity contribution < 1.29 is 0 Å². The van der Waals surface area contributed by atoms with Crippen molar-refractivity contribution in [3.63, 3.8) is 0 Å². The van der Waals surface area contributed by atoms with Crippen LogP contribution in [0.4, 0.5) is 0 Å². The van der Waals surface area contributed by atoms with Gasteiger partial charge in [-0.1, -0.05) is 27.7 Å². The van der Waals surface area contributed by atoms with Crippen molar-refractivity contribution in [2.75, 3.05) is 0 Å². The maximum Gasteiger partial charge on any atom is 0.0484 e. The number of hydrogen-bond acceptors (Lipinski definition) is 4. The van der Waals surface area contributed by atoms with Crippen LogP contribution in [0.25, 0.3) is 29.3 Å². The fourth-order valence-corrected chi connectivity index (χ4v) is 9.13. The molecular weight excluding hydrogens is 429 g/mol. The predicted molar refractivity (Wildman–Crippen MR) is 137 cm³/mol. The lowest BCUT2D eigenvalue weighted by Crippen LogP contribution is -1.88. The van der Waals surface area contributed by atoms with E-state index in [1.165, 1.54) is 39.7 Å². The summed E-state index contributed by atoms with van der Waals surface area (Å²) in [6.45, 7) is 11.4. The van der Waals surface area contributed by atoms with Gasteiger partial charge in [-0.3, -0.25) is 0 Å². The van der Waals surface area contributed by atoms with Crippen LogP contribution in [0.3, 0.4) is 0 Å². The Morgan fingerprint density at radius 3 is 1.66 bits per heavy atom. The lowest BCUT2D eigenvalue weighted by atomic mass is 10.0. The van der Waals surface area contributed by atoms with Gasteiger partial charge in [0.25, 0.3) is 0 Å². The number of rotatable bonds is 7. The van der Waals surface area contributed by atoms with Crippen molar-refractivity contribution >= 4 is 45.3 Å². The highest BCUT2D eigenvalue weighted by Crippen LogP contribution is 2.48. The second kappa shape index (κ2) is 8.89. The summed E-state index contributed by atoms with van der Waals surface area (Å²) in [6.07, 6.45) is 4.46. The molecule has 0 fully saturated rings. The summed E-state index contributed by atoms with van der Waals surface area (Å²) in [7, 11) is 0. The summed E-state index contributed by atoms with van der Waals surface area (Å²) in [5.41, 5.74) is 6.19. The van der Waals surface area contributed by atoms with Crippen LogP contribution in [0.5, 0.6) is 0 Å². The van der Waals surface area contributed by atoms with Crippen LogP contribution in [-0.2, 0) is 25.7 Å². The molecule has 0 saturated carbocycles. The zero-order chi connectivity index (χ0) is 20.5. The van der Waals surface area contributed by atoms with E-state index >= 15 is 0 Å². The van der Waals surface area contributed by atoms with Gasteiger partial charge < -0.3 is 0 Å². The Kier molecular flexibility index (Phi) is 6.45. The first-order valence-electron chi connectivity index (χ1n) is 10.5. The smallest absolute Gasteiger partial charge is 0.0484 e. The molecular formula is C25H28S4. The summed E-state index contributed by atoms with van der Waals surface area (Å²) in [4.78, 5) is 10.2. The Balaban J connectivity index is 1.80. The van der Waals surface area contributed by atoms with E-state index in [1.54, 1.807) is 16.7 Å². The molecule has 4 heterocycles. The van der Waals surface area contributed by atoms with E-state index in [0.717, 1.165) is 25.7 Å². The minimum atomic E-state index is 1.10. The predicted octanol–water partition coefficient (Wildman–Crippen LogP) is 9.49. The molecule has 0 amide bonds. The molecule has 0 saturated heterocycles. The Bertz CT molecular complexity index is 1120. The maximum absolute atomic E-state index is 2.36. The number of thiophene rings is 4. The topological polar surface area (TPSA) is 0 Å². The third kappa shape index (κ3) is 3.81. The van der Waals surface area contributed by atoms with Gasteiger partial charge in [-0.25, -0.2) is 0 Å². The van der Waals surface area contributed by atoms with Gasteiger partial charge in [0.15, 0.2) is 0 Å². The first kappa shape index (κ1) is 21.0. The summed E-state index contributed by atoms with van der Waals surface area (Å²) in [5.74, 6) is 0. The molecule has 0 atom stereocenters. The molecule has 0 bridgehead atoms. The van der Waals surface area contributed by atoms with Gasteiger partial charge in [0.2, 0.25) is 0 Å². The van der Waals surface area contributed by atoms with Crippen molar-refractivity contribution in [2.24, 2.45) is 0 Å². The van der Waals surface area contributed by atoms with E-state index in [2.05, 4.69) is 64.3 Å². The highest BCUT2D eigenvalue weighted by molar-refractivity contribution is 7.28. The molecule has 0 N–H and O–H groups in total. The van der Waals surface area contributed by atoms with Gasteiger partial charge in [-0.15, -0.1) is 45.3 Å². The second-order valence-corrected chi connectivity index (χ2v) is 11.5. The minimum absolute atomic E-state index is 1.10. The number of hydrogen-bond donors (Lipinski definition) is 0. The number of aryl methyl sites for hydroxylation is 2. The molecule has 4 heteroatoms. The van der Waals surface area contributed by atoms with Crippen LogP contribution in [-0.4, -0.2) is 0 Å². The van der Waals surface area contributed by atoms with E-state index in [9.17, 15) is 0 Å². The van der Waals surface area contributed by atoms with Crippen molar-refractivity contribution in [1.29, 1.82) is 0 Å². The standard InChI is InChI=1S/C25H28S4/c1-6-16-14-26-23(17(16)7-2)20-12-13-22(28-20)25-19(9-4)18(8-3)24(29-25)21-11-10-15(5)27-21/h10-14H,6-9H2,1-5H3. The monoisotopic (exact) mass is 456 g/mol. The average Bonchev–Trinajstić information content (AvgIpc) is 3.49. The molecule has 0 aromatic carbocycles. The van der Waals surface area contributed by atoms with Crippen LogP contribution in [0, 0.1) is 6.92 Å². The third-order valence-electron chi connectivity index (χ3n) is 5.56. The molecule has 29 heavy (non-hydrogen) atoms. The largest absolute Gasteiger partial charge is 0.142 e. The fourth-order valence-electron chi connectivity index (χ4n) is 4.09. The molecule has 0 radical (unpaired) electrons. The lowest BCUT2D eigenvalue weighted by molar-refractivity contribution is 1.06. The van der Waals surface area contributed by atoms with Gasteiger partial charge in [-0.2, -0.15) is 0 Å². The van der Waals surface area contributed by atoms with Crippen LogP contribution in [0.1, 0.15) is 54.8 Å². The molecule has 0 aliphatic carbocycles. The molecule has 4 rings (SSSR count). The van der Waals surface area contributed by atoms with Crippen molar-refractivity contribution in [2.45, 2.75) is 60.3 Å². The quantitative estimate of drug-likeness (QED) is 0.260. The Morgan fingerprint density at radius 2 is 1.14 bits per heavy atom. The Labute approximate surface area is 190 Å². The summed E-state index contributed by atoms with van der Waals surface area (Å²) < 4.78 is 0. The maximum atomic E-state index is 2.36. The first-order chi connectivity index (χ1) is 14.1. The van der Waals surface area contributed by atoms with Crippen molar-refractivity contribution in [3.05, 3.63) is 56.8 Å². The SMILES string of the molecule is CCc1csc(-c2ccc(-c3sc(-c4ccc(C)s4)c(CC)c3CC)s2)c1CC. The zero-order valence-corrected chi connectivity index (χ0v) is 21.1. The lowest BCUT2D eigenvalue weighted by Gasteiger charge is -2.03. The van der Waals surface area contributed by atoms with Gasteiger partial charge >= 0.3 is 0 Å². The molecule has 0 unspecified atom stereocenters. The molecule has 4 aromatic heterocycles. The van der Waals surface area contributed by atoms with Gasteiger partial charge in [-0.05, 0) is 84.5 Å². The molecule has 0 nitrogen and oxygen atoms in total. The Hall–Kier alpha value is -1.20. The van der Waals surface area contributed by atoms with E-state index in [0.29, 0.717) is 0 Å². The average molecular weight is 457 g/mol. The summed E-state index contributed by atoms with van der Waals surface area (Å²) >= 11 is 7.84. The highest BCUT2D eigenvalue weighted by atomic mass is 32.1. The van der Waals surface area contributed by atoms with Crippen molar-refractivity contribution in [1.82, 2.24) is 0 Å². The van der Waals surface area contributed by atoms with E-state index in [4.69, 9.17) is 0 Å². The Morgan fingerprint density at radius 1 is 0.586 bits per heavy atom. The van der Waals surface area contributed by atoms with Crippen molar-refractivity contribution in [3.8, 4) is 29.3 Å². The minimum Gasteiger partial charge on any atom is -0.142 e. The highest BCUT2D eigenvalue weighted by Gasteiger charge is 2.21. The molecule has 0 spiro atoms. The summed E-state index contributed by atoms with van der Waals surface area (Å²) in [6, 6.07) is 9.27. The van der Waals surface area contributed by atoms with Gasteiger partial charge in [0, 0.05) is 34.1 Å². The van der Waals surface area contributed by atoms with E-state index in [1.807, 2.05) is 45.3 Å². The summed E-state index contributed by atoms with van der Waals surface area (Å²) in [5, 5.41) is 2.36. The third-order valence-corrected chi connectivity index (χ3v) is 10.5. The van der Waals surface area contributed by atoms with E-state index in [-0.39, 0.29) is 0 Å². The second-order valence-electron chi connectivity index (χ2n) is 7.27. The molecule has 0 aliphatic heterocycles. The van der Waals surface area contributed by atoms with Gasteiger partial charge in [0.1, 0.15) is 0 Å². The normalized spacial score (nSPS) is 11.5. The molecule has 4 aromatic rings. The van der Waals surface area contributed by atoms with E-state index < -0.39 is 0 Å².